The molecule has 1 fully saturated rings. The Morgan fingerprint density at radius 2 is 1.75 bits per heavy atom. The second kappa shape index (κ2) is 8.93. The molecule has 1 aromatic carbocycles. The van der Waals surface area contributed by atoms with Crippen molar-refractivity contribution in [1.82, 2.24) is 19.6 Å². The van der Waals surface area contributed by atoms with Gasteiger partial charge in [-0.05, 0) is 37.1 Å². The fourth-order valence-electron chi connectivity index (χ4n) is 2.59. The number of imidazole rings is 1. The number of hydrogen-bond donors (Lipinski definition) is 0. The van der Waals surface area contributed by atoms with Gasteiger partial charge in [-0.1, -0.05) is 49.9 Å². The molecule has 0 saturated carbocycles. The first kappa shape index (κ1) is 19.9. The summed E-state index contributed by atoms with van der Waals surface area (Å²) >= 11 is 1.78. The van der Waals surface area contributed by atoms with E-state index in [0.29, 0.717) is 5.92 Å². The van der Waals surface area contributed by atoms with E-state index < -0.39 is 0 Å². The first-order valence-electron chi connectivity index (χ1n) is 9.11. The van der Waals surface area contributed by atoms with Crippen molar-refractivity contribution < 1.29 is 9.63 Å². The lowest BCUT2D eigenvalue weighted by atomic mass is 10.1. The van der Waals surface area contributed by atoms with E-state index >= 15 is 0 Å². The molecule has 0 radical (unpaired) electrons. The fraction of sp³-hybridized carbons (Fsp3) is 0.286. The molecule has 0 spiro atoms. The van der Waals surface area contributed by atoms with E-state index in [0.717, 1.165) is 28.8 Å². The molecule has 2 aromatic heterocycles. The van der Waals surface area contributed by atoms with Crippen LogP contribution < -0.4 is 0 Å². The van der Waals surface area contributed by atoms with Crippen molar-refractivity contribution in [1.29, 1.82) is 0 Å². The molecule has 6 nitrogen and oxygen atoms in total. The molecule has 0 bridgehead atoms. The lowest BCUT2D eigenvalue weighted by molar-refractivity contribution is 0.227. The summed E-state index contributed by atoms with van der Waals surface area (Å²) in [4.78, 5) is 24.2. The summed E-state index contributed by atoms with van der Waals surface area (Å²) in [7, 11) is 1.56. The summed E-state index contributed by atoms with van der Waals surface area (Å²) in [6, 6.07) is 16.5. The van der Waals surface area contributed by atoms with E-state index in [1.165, 1.54) is 9.92 Å². The smallest absolute Gasteiger partial charge is 0.317 e. The zero-order valence-electron chi connectivity index (χ0n) is 16.5. The summed E-state index contributed by atoms with van der Waals surface area (Å²) < 4.78 is 2.27. The Morgan fingerprint density at radius 3 is 2.29 bits per heavy atom. The minimum atomic E-state index is -0.245. The third kappa shape index (κ3) is 5.13. The van der Waals surface area contributed by atoms with Crippen molar-refractivity contribution in [3.05, 3.63) is 71.9 Å². The zero-order chi connectivity index (χ0) is 20.1. The normalized spacial score (nSPS) is 12.5. The molecule has 0 unspecified atom stereocenters. The number of hydroxylamine groups is 2. The van der Waals surface area contributed by atoms with Gasteiger partial charge in [-0.15, -0.1) is 5.06 Å². The van der Waals surface area contributed by atoms with E-state index in [2.05, 4.69) is 65.5 Å². The highest BCUT2D eigenvalue weighted by Gasteiger charge is 2.28. The molecule has 7 heteroatoms. The second-order valence-corrected chi connectivity index (χ2v) is 7.74. The number of hydrogen-bond acceptors (Lipinski definition) is 5. The molecule has 146 valence electrons. The van der Waals surface area contributed by atoms with Crippen LogP contribution in [0.4, 0.5) is 4.79 Å². The lowest BCUT2D eigenvalue weighted by Gasteiger charge is -2.12. The molecule has 0 N–H and O–H groups in total. The van der Waals surface area contributed by atoms with Crippen LogP contribution in [0.5, 0.6) is 0 Å². The topological polar surface area (TPSA) is 63.3 Å². The van der Waals surface area contributed by atoms with E-state index in [-0.39, 0.29) is 6.09 Å². The van der Waals surface area contributed by atoms with Gasteiger partial charge in [-0.25, -0.2) is 9.78 Å². The first-order chi connectivity index (χ1) is 13.5. The quantitative estimate of drug-likeness (QED) is 0.575. The molecule has 3 aromatic rings. The number of rotatable bonds is 5. The average Bonchev–Trinajstić information content (AvgIpc) is 3.25. The highest BCUT2D eigenvalue weighted by atomic mass is 32.2. The monoisotopic (exact) mass is 396 g/mol. The Labute approximate surface area is 169 Å². The van der Waals surface area contributed by atoms with E-state index in [9.17, 15) is 4.79 Å². The molecule has 4 rings (SSSR count). The van der Waals surface area contributed by atoms with Gasteiger partial charge < -0.3 is 9.40 Å². The number of carbonyl (C=O) groups excluding carboxylic acids is 1. The lowest BCUT2D eigenvalue weighted by Crippen LogP contribution is -2.05. The number of amides is 1. The maximum absolute atomic E-state index is 9.59. The largest absolute Gasteiger partial charge is 0.467 e. The van der Waals surface area contributed by atoms with E-state index in [1.54, 1.807) is 18.8 Å². The summed E-state index contributed by atoms with van der Waals surface area (Å²) in [5.74, 6) is 1.43. The van der Waals surface area contributed by atoms with E-state index in [1.807, 2.05) is 24.4 Å². The Bertz CT molecular complexity index is 926. The van der Waals surface area contributed by atoms with Gasteiger partial charge in [0.1, 0.15) is 10.9 Å². The number of nitrogens with zero attached hydrogens (tertiary/aromatic N) is 4. The molecule has 0 aliphatic carbocycles. The van der Waals surface area contributed by atoms with Crippen LogP contribution in [0.1, 0.15) is 37.0 Å². The van der Waals surface area contributed by atoms with Crippen LogP contribution in [0.2, 0.25) is 0 Å². The fourth-order valence-corrected chi connectivity index (χ4v) is 3.80. The molecule has 1 aliphatic rings. The van der Waals surface area contributed by atoms with Gasteiger partial charge in [0.15, 0.2) is 0 Å². The van der Waals surface area contributed by atoms with Crippen LogP contribution in [-0.4, -0.2) is 32.7 Å². The average molecular weight is 397 g/mol. The predicted octanol–water partition coefficient (Wildman–Crippen LogP) is 4.89. The minimum Gasteiger partial charge on any atom is -0.317 e. The highest BCUT2D eigenvalue weighted by molar-refractivity contribution is 7.99. The Hall–Kier alpha value is -2.80. The molecule has 1 aliphatic heterocycles. The first-order valence-corrected chi connectivity index (χ1v) is 9.93. The van der Waals surface area contributed by atoms with Crippen molar-refractivity contribution in [3.8, 4) is 0 Å². The van der Waals surface area contributed by atoms with Crippen molar-refractivity contribution >= 4 is 17.9 Å². The third-order valence-corrected chi connectivity index (χ3v) is 5.26. The molecule has 1 saturated heterocycles. The van der Waals surface area contributed by atoms with Crippen molar-refractivity contribution in [3.63, 3.8) is 0 Å². The second-order valence-electron chi connectivity index (χ2n) is 6.68. The Balaban J connectivity index is 0.000000391. The van der Waals surface area contributed by atoms with E-state index in [4.69, 9.17) is 4.98 Å². The van der Waals surface area contributed by atoms with Gasteiger partial charge >= 0.3 is 6.09 Å². The summed E-state index contributed by atoms with van der Waals surface area (Å²) in [5, 5.41) is 2.37. The van der Waals surface area contributed by atoms with Crippen molar-refractivity contribution in [2.24, 2.45) is 0 Å². The summed E-state index contributed by atoms with van der Waals surface area (Å²) in [6.45, 7) is 7.22. The van der Waals surface area contributed by atoms with Gasteiger partial charge in [-0.3, -0.25) is 4.98 Å². The molecule has 0 atom stereocenters. The van der Waals surface area contributed by atoms with Gasteiger partial charge in [0.05, 0.1) is 25.0 Å². The summed E-state index contributed by atoms with van der Waals surface area (Å²) in [6.07, 6.45) is 1.60. The van der Waals surface area contributed by atoms with Crippen LogP contribution in [0, 0.1) is 6.92 Å². The van der Waals surface area contributed by atoms with Crippen LogP contribution in [-0.2, 0) is 11.4 Å². The third-order valence-electron chi connectivity index (χ3n) is 4.13. The molecule has 1 amide bonds. The Kier molecular flexibility index (Phi) is 6.36. The molecular formula is C21H24N4O2S. The maximum atomic E-state index is 9.59. The number of carbonyl (C=O) groups is 1. The van der Waals surface area contributed by atoms with Gasteiger partial charge in [-0.2, -0.15) is 0 Å². The standard InChI is InChI=1S/C19H21N3S.C2H3NO2/c1-14(2)18-19(23-17-10-5-4-6-11-17)22(15(3)21-18)13-16-9-7-8-12-20-16;1-3-2(4)5-3/h4-12,14H,13H2,1-3H3;1H3. The number of aromatic nitrogens is 3. The van der Waals surface area contributed by atoms with Crippen LogP contribution in [0.15, 0.2) is 64.6 Å². The van der Waals surface area contributed by atoms with Gasteiger partial charge in [0.25, 0.3) is 0 Å². The predicted molar refractivity (Wildman–Crippen MR) is 109 cm³/mol. The minimum absolute atomic E-state index is 0.245. The van der Waals surface area contributed by atoms with Gasteiger partial charge in [0.2, 0.25) is 0 Å². The van der Waals surface area contributed by atoms with Crippen LogP contribution in [0.25, 0.3) is 0 Å². The van der Waals surface area contributed by atoms with Gasteiger partial charge in [0, 0.05) is 11.1 Å². The molecule has 28 heavy (non-hydrogen) atoms. The summed E-state index contributed by atoms with van der Waals surface area (Å²) in [5.41, 5.74) is 2.21. The SMILES string of the molecule is CN1OC1=O.Cc1nc(C(C)C)c(Sc2ccccc2)n1Cc1ccccn1. The van der Waals surface area contributed by atoms with Crippen LogP contribution >= 0.6 is 11.8 Å². The molecular weight excluding hydrogens is 372 g/mol. The van der Waals surface area contributed by atoms with Crippen molar-refractivity contribution in [2.75, 3.05) is 7.05 Å². The zero-order valence-corrected chi connectivity index (χ0v) is 17.3. The number of pyridine rings is 1. The molecule has 3 heterocycles. The maximum Gasteiger partial charge on any atom is 0.467 e. The Morgan fingerprint density at radius 1 is 1.11 bits per heavy atom. The number of benzene rings is 1. The number of aryl methyl sites for hydroxylation is 1. The van der Waals surface area contributed by atoms with Crippen molar-refractivity contribution in [2.45, 2.75) is 43.2 Å². The van der Waals surface area contributed by atoms with Crippen LogP contribution in [0.3, 0.4) is 0 Å². The highest BCUT2D eigenvalue weighted by Crippen LogP contribution is 2.34.